The van der Waals surface area contributed by atoms with Crippen molar-refractivity contribution < 1.29 is 9.53 Å². The zero-order valence-electron chi connectivity index (χ0n) is 15.0. The van der Waals surface area contributed by atoms with E-state index in [2.05, 4.69) is 15.2 Å². The second-order valence-corrected chi connectivity index (χ2v) is 6.35. The van der Waals surface area contributed by atoms with Gasteiger partial charge >= 0.3 is 0 Å². The molecule has 3 rings (SSSR count). The van der Waals surface area contributed by atoms with Crippen LogP contribution in [-0.4, -0.2) is 51.3 Å². The van der Waals surface area contributed by atoms with Crippen molar-refractivity contribution in [3.8, 4) is 0 Å². The predicted octanol–water partition coefficient (Wildman–Crippen LogP) is 2.54. The van der Waals surface area contributed by atoms with Crippen LogP contribution in [0, 0.1) is 6.92 Å². The van der Waals surface area contributed by atoms with Gasteiger partial charge in [0.1, 0.15) is 5.82 Å². The summed E-state index contributed by atoms with van der Waals surface area (Å²) in [4.78, 5) is 21.1. The number of hydrogen-bond acceptors (Lipinski definition) is 5. The van der Waals surface area contributed by atoms with Crippen LogP contribution in [0.25, 0.3) is 0 Å². The molecular weight excluding hydrogens is 316 g/mol. The van der Waals surface area contributed by atoms with Crippen LogP contribution < -0.4 is 15.1 Å². The number of aryl methyl sites for hydroxylation is 1. The van der Waals surface area contributed by atoms with Gasteiger partial charge < -0.3 is 19.9 Å². The maximum Gasteiger partial charge on any atom is 0.255 e. The summed E-state index contributed by atoms with van der Waals surface area (Å²) in [5.74, 6) is 0.779. The third-order valence-corrected chi connectivity index (χ3v) is 4.28. The average Bonchev–Trinajstić information content (AvgIpc) is 2.62. The molecule has 6 nitrogen and oxygen atoms in total. The monoisotopic (exact) mass is 340 g/mol. The molecule has 1 aliphatic heterocycles. The number of aromatic nitrogens is 1. The van der Waals surface area contributed by atoms with Gasteiger partial charge in [-0.3, -0.25) is 4.79 Å². The fraction of sp³-hybridized carbons (Fsp3) is 0.368. The topological polar surface area (TPSA) is 57.7 Å². The number of morpholine rings is 1. The lowest BCUT2D eigenvalue weighted by Crippen LogP contribution is -2.36. The first-order chi connectivity index (χ1) is 12.0. The molecular formula is C19H24N4O2. The Kier molecular flexibility index (Phi) is 5.19. The van der Waals surface area contributed by atoms with Gasteiger partial charge in [0.05, 0.1) is 25.1 Å². The lowest BCUT2D eigenvalue weighted by Gasteiger charge is -2.27. The van der Waals surface area contributed by atoms with Gasteiger partial charge in [-0.05, 0) is 42.8 Å². The van der Waals surface area contributed by atoms with Crippen LogP contribution >= 0.6 is 0 Å². The van der Waals surface area contributed by atoms with Gasteiger partial charge in [-0.2, -0.15) is 0 Å². The van der Waals surface area contributed by atoms with Crippen LogP contribution in [0.2, 0.25) is 0 Å². The first kappa shape index (κ1) is 17.2. The molecule has 0 radical (unpaired) electrons. The Bertz CT molecular complexity index is 738. The smallest absolute Gasteiger partial charge is 0.255 e. The van der Waals surface area contributed by atoms with E-state index in [1.54, 1.807) is 6.20 Å². The summed E-state index contributed by atoms with van der Waals surface area (Å²) in [6.45, 7) is 5.14. The van der Waals surface area contributed by atoms with E-state index in [0.717, 1.165) is 43.4 Å². The molecule has 0 aliphatic carbocycles. The van der Waals surface area contributed by atoms with Crippen molar-refractivity contribution in [1.29, 1.82) is 0 Å². The SMILES string of the molecule is Cc1cc(C(=O)Nc2ccc(N3CCOCC3)nc2)ccc1N(C)C. The molecule has 6 heteroatoms. The van der Waals surface area contributed by atoms with Crippen LogP contribution in [-0.2, 0) is 4.74 Å². The molecule has 2 heterocycles. The highest BCUT2D eigenvalue weighted by molar-refractivity contribution is 6.04. The van der Waals surface area contributed by atoms with Crippen LogP contribution in [0.15, 0.2) is 36.5 Å². The average molecular weight is 340 g/mol. The second kappa shape index (κ2) is 7.53. The second-order valence-electron chi connectivity index (χ2n) is 6.35. The van der Waals surface area contributed by atoms with Crippen molar-refractivity contribution in [2.45, 2.75) is 6.92 Å². The zero-order valence-corrected chi connectivity index (χ0v) is 15.0. The molecule has 1 fully saturated rings. The van der Waals surface area contributed by atoms with E-state index in [4.69, 9.17) is 4.74 Å². The summed E-state index contributed by atoms with van der Waals surface area (Å²) < 4.78 is 5.35. The van der Waals surface area contributed by atoms with Crippen molar-refractivity contribution in [1.82, 2.24) is 4.98 Å². The summed E-state index contributed by atoms with van der Waals surface area (Å²) in [5, 5.41) is 2.91. The van der Waals surface area contributed by atoms with Crippen molar-refractivity contribution in [3.63, 3.8) is 0 Å². The van der Waals surface area contributed by atoms with E-state index in [-0.39, 0.29) is 5.91 Å². The van der Waals surface area contributed by atoms with Gasteiger partial charge in [-0.15, -0.1) is 0 Å². The lowest BCUT2D eigenvalue weighted by atomic mass is 10.1. The minimum atomic E-state index is -0.130. The van der Waals surface area contributed by atoms with Gasteiger partial charge in [0.15, 0.2) is 0 Å². The molecule has 2 aromatic rings. The Morgan fingerprint density at radius 3 is 2.56 bits per heavy atom. The van der Waals surface area contributed by atoms with Crippen molar-refractivity contribution in [2.24, 2.45) is 0 Å². The number of ether oxygens (including phenoxy) is 1. The Morgan fingerprint density at radius 2 is 1.96 bits per heavy atom. The summed E-state index contributed by atoms with van der Waals surface area (Å²) in [6.07, 6.45) is 1.70. The zero-order chi connectivity index (χ0) is 17.8. The number of pyridine rings is 1. The van der Waals surface area contributed by atoms with Crippen LogP contribution in [0.5, 0.6) is 0 Å². The normalized spacial score (nSPS) is 14.3. The highest BCUT2D eigenvalue weighted by Gasteiger charge is 2.13. The Balaban J connectivity index is 1.67. The first-order valence-electron chi connectivity index (χ1n) is 8.42. The highest BCUT2D eigenvalue weighted by Crippen LogP contribution is 2.20. The summed E-state index contributed by atoms with van der Waals surface area (Å²) in [7, 11) is 3.98. The molecule has 0 saturated carbocycles. The first-order valence-corrected chi connectivity index (χ1v) is 8.42. The summed E-state index contributed by atoms with van der Waals surface area (Å²) in [6, 6.07) is 9.52. The van der Waals surface area contributed by atoms with Crippen molar-refractivity contribution in [3.05, 3.63) is 47.7 Å². The molecule has 0 atom stereocenters. The van der Waals surface area contributed by atoms with Gasteiger partial charge in [0.25, 0.3) is 5.91 Å². The van der Waals surface area contributed by atoms with Gasteiger partial charge in [0, 0.05) is 38.4 Å². The largest absolute Gasteiger partial charge is 0.378 e. The van der Waals surface area contributed by atoms with Gasteiger partial charge in [-0.1, -0.05) is 0 Å². The third-order valence-electron chi connectivity index (χ3n) is 4.28. The number of carbonyl (C=O) groups excluding carboxylic acids is 1. The minimum Gasteiger partial charge on any atom is -0.378 e. The standard InChI is InChI=1S/C19H24N4O2/c1-14-12-15(4-6-17(14)22(2)3)19(24)21-16-5-7-18(20-13-16)23-8-10-25-11-9-23/h4-7,12-13H,8-11H2,1-3H3,(H,21,24). The van der Waals surface area contributed by atoms with Gasteiger partial charge in [-0.25, -0.2) is 4.98 Å². The van der Waals surface area contributed by atoms with Crippen molar-refractivity contribution >= 4 is 23.1 Å². The molecule has 25 heavy (non-hydrogen) atoms. The number of hydrogen-bond donors (Lipinski definition) is 1. The van der Waals surface area contributed by atoms with E-state index < -0.39 is 0 Å². The van der Waals surface area contributed by atoms with E-state index in [0.29, 0.717) is 11.3 Å². The number of amides is 1. The third kappa shape index (κ3) is 4.09. The summed E-state index contributed by atoms with van der Waals surface area (Å²) in [5.41, 5.74) is 3.50. The lowest BCUT2D eigenvalue weighted by molar-refractivity contribution is 0.102. The molecule has 1 aromatic carbocycles. The Labute approximate surface area is 148 Å². The molecule has 0 spiro atoms. The number of nitrogens with zero attached hydrogens (tertiary/aromatic N) is 3. The van der Waals surface area contributed by atoms with Crippen LogP contribution in [0.4, 0.5) is 17.2 Å². The molecule has 1 saturated heterocycles. The number of benzene rings is 1. The van der Waals surface area contributed by atoms with Crippen LogP contribution in [0.3, 0.4) is 0 Å². The summed E-state index contributed by atoms with van der Waals surface area (Å²) >= 11 is 0. The van der Waals surface area contributed by atoms with Crippen LogP contribution in [0.1, 0.15) is 15.9 Å². The Morgan fingerprint density at radius 1 is 1.20 bits per heavy atom. The fourth-order valence-electron chi connectivity index (χ4n) is 2.94. The molecule has 0 bridgehead atoms. The number of nitrogens with one attached hydrogen (secondary N) is 1. The quantitative estimate of drug-likeness (QED) is 0.927. The van der Waals surface area contributed by atoms with E-state index >= 15 is 0 Å². The van der Waals surface area contributed by atoms with E-state index in [9.17, 15) is 4.79 Å². The highest BCUT2D eigenvalue weighted by atomic mass is 16.5. The molecule has 1 aromatic heterocycles. The fourth-order valence-corrected chi connectivity index (χ4v) is 2.94. The molecule has 1 N–H and O–H groups in total. The van der Waals surface area contributed by atoms with Gasteiger partial charge in [0.2, 0.25) is 0 Å². The minimum absolute atomic E-state index is 0.130. The molecule has 1 amide bonds. The molecule has 0 unspecified atom stereocenters. The number of anilines is 3. The maximum atomic E-state index is 12.5. The number of rotatable bonds is 4. The van der Waals surface area contributed by atoms with E-state index in [1.165, 1.54) is 0 Å². The Hall–Kier alpha value is -2.60. The van der Waals surface area contributed by atoms with Crippen molar-refractivity contribution in [2.75, 3.05) is 55.5 Å². The molecule has 1 aliphatic rings. The number of carbonyl (C=O) groups is 1. The predicted molar refractivity (Wildman–Crippen MR) is 101 cm³/mol. The van der Waals surface area contributed by atoms with E-state index in [1.807, 2.05) is 56.3 Å². The molecule has 132 valence electrons. The maximum absolute atomic E-state index is 12.5.